The molecule has 4 aliphatic rings. The Morgan fingerprint density at radius 3 is 2.31 bits per heavy atom. The number of nitrogens with zero attached hydrogens (tertiary/aromatic N) is 1. The standard InChI is InChI=1S/C24H38N2O3/c1-16-8-7-10-17-9-5-3-2-4-6-11-19-22(17)18(13-12-16)24(29)26(19)20-14-15-21(27)25-23(20)28/h16-20,22H,2-15H2,1H3,(H,25,27,28). The summed E-state index contributed by atoms with van der Waals surface area (Å²) >= 11 is 0. The highest BCUT2D eigenvalue weighted by Crippen LogP contribution is 2.47. The number of rotatable bonds is 1. The van der Waals surface area contributed by atoms with Crippen molar-refractivity contribution in [2.45, 2.75) is 109 Å². The number of imide groups is 1. The van der Waals surface area contributed by atoms with Gasteiger partial charge in [0.25, 0.3) is 0 Å². The van der Waals surface area contributed by atoms with Gasteiger partial charge in [0, 0.05) is 18.4 Å². The van der Waals surface area contributed by atoms with Crippen LogP contribution in [0.4, 0.5) is 0 Å². The molecule has 0 aromatic heterocycles. The summed E-state index contributed by atoms with van der Waals surface area (Å²) in [6, 6.07) is -0.255. The van der Waals surface area contributed by atoms with Crippen LogP contribution in [-0.2, 0) is 14.4 Å². The average molecular weight is 403 g/mol. The first-order chi connectivity index (χ1) is 14.1. The minimum Gasteiger partial charge on any atom is -0.327 e. The van der Waals surface area contributed by atoms with Gasteiger partial charge in [0.15, 0.2) is 0 Å². The molecule has 5 heteroatoms. The van der Waals surface area contributed by atoms with Crippen molar-refractivity contribution in [2.24, 2.45) is 23.7 Å². The minimum atomic E-state index is -0.443. The predicted molar refractivity (Wildman–Crippen MR) is 112 cm³/mol. The van der Waals surface area contributed by atoms with E-state index in [-0.39, 0.29) is 29.7 Å². The Bertz CT molecular complexity index is 634. The topological polar surface area (TPSA) is 66.5 Å². The molecule has 0 bridgehead atoms. The molecule has 0 spiro atoms. The molecular formula is C24H38N2O3. The molecule has 2 saturated heterocycles. The molecule has 2 aliphatic carbocycles. The van der Waals surface area contributed by atoms with Gasteiger partial charge in [0.1, 0.15) is 6.04 Å². The largest absolute Gasteiger partial charge is 0.327 e. The number of hydrogen-bond donors (Lipinski definition) is 1. The molecule has 2 aliphatic heterocycles. The van der Waals surface area contributed by atoms with Crippen molar-refractivity contribution in [1.82, 2.24) is 10.2 Å². The zero-order chi connectivity index (χ0) is 20.4. The molecule has 29 heavy (non-hydrogen) atoms. The molecule has 1 N–H and O–H groups in total. The third-order valence-electron chi connectivity index (χ3n) is 8.25. The Kier molecular flexibility index (Phi) is 6.60. The van der Waals surface area contributed by atoms with Gasteiger partial charge in [-0.15, -0.1) is 0 Å². The minimum absolute atomic E-state index is 0.0791. The van der Waals surface area contributed by atoms with Crippen LogP contribution in [0.1, 0.15) is 96.8 Å². The first-order valence-electron chi connectivity index (χ1n) is 12.2. The molecule has 3 amide bonds. The molecule has 2 heterocycles. The van der Waals surface area contributed by atoms with Crippen molar-refractivity contribution in [3.63, 3.8) is 0 Å². The maximum atomic E-state index is 13.8. The van der Waals surface area contributed by atoms with Crippen molar-refractivity contribution >= 4 is 17.7 Å². The average Bonchev–Trinajstić information content (AvgIpc) is 2.99. The molecule has 0 aromatic rings. The van der Waals surface area contributed by atoms with E-state index in [1.54, 1.807) is 0 Å². The van der Waals surface area contributed by atoms with E-state index in [0.29, 0.717) is 30.6 Å². The van der Waals surface area contributed by atoms with Crippen molar-refractivity contribution in [2.75, 3.05) is 0 Å². The van der Waals surface area contributed by atoms with Gasteiger partial charge in [-0.1, -0.05) is 64.7 Å². The summed E-state index contributed by atoms with van der Waals surface area (Å²) < 4.78 is 0. The van der Waals surface area contributed by atoms with Gasteiger partial charge in [0.2, 0.25) is 17.7 Å². The van der Waals surface area contributed by atoms with Gasteiger partial charge in [-0.05, 0) is 43.4 Å². The van der Waals surface area contributed by atoms with Crippen LogP contribution in [0.5, 0.6) is 0 Å². The molecule has 0 radical (unpaired) electrons. The van der Waals surface area contributed by atoms with Crippen LogP contribution in [0.2, 0.25) is 0 Å². The first kappa shape index (κ1) is 20.9. The number of hydrogen-bond acceptors (Lipinski definition) is 3. The summed E-state index contributed by atoms with van der Waals surface area (Å²) in [5.74, 6) is 1.54. The molecular weight excluding hydrogens is 364 g/mol. The van der Waals surface area contributed by atoms with Crippen LogP contribution in [0, 0.1) is 23.7 Å². The Morgan fingerprint density at radius 2 is 1.52 bits per heavy atom. The van der Waals surface area contributed by atoms with E-state index in [1.165, 1.54) is 51.4 Å². The lowest BCUT2D eigenvalue weighted by molar-refractivity contribution is -0.146. The van der Waals surface area contributed by atoms with Crippen LogP contribution >= 0.6 is 0 Å². The summed E-state index contributed by atoms with van der Waals surface area (Å²) in [7, 11) is 0. The second kappa shape index (κ2) is 9.18. The number of amides is 3. The highest BCUT2D eigenvalue weighted by Gasteiger charge is 2.53. The lowest BCUT2D eigenvalue weighted by Gasteiger charge is -2.38. The predicted octanol–water partition coefficient (Wildman–Crippen LogP) is 4.20. The molecule has 2 saturated carbocycles. The van der Waals surface area contributed by atoms with Crippen molar-refractivity contribution in [3.05, 3.63) is 0 Å². The van der Waals surface area contributed by atoms with Gasteiger partial charge >= 0.3 is 0 Å². The number of nitrogens with one attached hydrogen (secondary N) is 1. The van der Waals surface area contributed by atoms with Crippen molar-refractivity contribution in [1.29, 1.82) is 0 Å². The Balaban J connectivity index is 1.67. The third-order valence-corrected chi connectivity index (χ3v) is 8.25. The highest BCUT2D eigenvalue weighted by molar-refractivity contribution is 6.02. The van der Waals surface area contributed by atoms with E-state index in [1.807, 2.05) is 4.90 Å². The van der Waals surface area contributed by atoms with Gasteiger partial charge in [-0.25, -0.2) is 0 Å². The molecule has 6 unspecified atom stereocenters. The molecule has 4 fully saturated rings. The van der Waals surface area contributed by atoms with Crippen LogP contribution in [0.3, 0.4) is 0 Å². The normalized spacial score (nSPS) is 39.8. The maximum Gasteiger partial charge on any atom is 0.249 e. The summed E-state index contributed by atoms with van der Waals surface area (Å²) in [4.78, 5) is 40.1. The van der Waals surface area contributed by atoms with E-state index >= 15 is 0 Å². The molecule has 162 valence electrons. The Morgan fingerprint density at radius 1 is 0.793 bits per heavy atom. The van der Waals surface area contributed by atoms with Crippen LogP contribution in [0.15, 0.2) is 0 Å². The number of carbonyl (C=O) groups is 3. The second-order valence-corrected chi connectivity index (χ2v) is 10.2. The van der Waals surface area contributed by atoms with Crippen molar-refractivity contribution in [3.8, 4) is 0 Å². The molecule has 0 aromatic carbocycles. The fraction of sp³-hybridized carbons (Fsp3) is 0.875. The van der Waals surface area contributed by atoms with Crippen LogP contribution in [-0.4, -0.2) is 34.7 Å². The molecule has 5 nitrogen and oxygen atoms in total. The Labute approximate surface area is 175 Å². The maximum absolute atomic E-state index is 13.8. The summed E-state index contributed by atoms with van der Waals surface area (Å²) in [5.41, 5.74) is 0. The third kappa shape index (κ3) is 4.39. The van der Waals surface area contributed by atoms with E-state index in [4.69, 9.17) is 0 Å². The number of carbonyl (C=O) groups excluding carboxylic acids is 3. The summed E-state index contributed by atoms with van der Waals surface area (Å²) in [6.07, 6.45) is 15.3. The van der Waals surface area contributed by atoms with E-state index in [0.717, 1.165) is 25.7 Å². The second-order valence-electron chi connectivity index (χ2n) is 10.2. The molecule has 4 rings (SSSR count). The zero-order valence-electron chi connectivity index (χ0n) is 18.0. The highest BCUT2D eigenvalue weighted by atomic mass is 16.2. The number of piperidine rings is 1. The monoisotopic (exact) mass is 402 g/mol. The van der Waals surface area contributed by atoms with E-state index in [9.17, 15) is 14.4 Å². The van der Waals surface area contributed by atoms with Crippen molar-refractivity contribution < 1.29 is 14.4 Å². The lowest BCUT2D eigenvalue weighted by Crippen LogP contribution is -2.55. The summed E-state index contributed by atoms with van der Waals surface area (Å²) in [6.45, 7) is 2.33. The fourth-order valence-corrected chi connectivity index (χ4v) is 6.75. The van der Waals surface area contributed by atoms with E-state index in [2.05, 4.69) is 12.2 Å². The van der Waals surface area contributed by atoms with Gasteiger partial charge in [0.05, 0.1) is 0 Å². The van der Waals surface area contributed by atoms with Gasteiger partial charge in [-0.3, -0.25) is 19.7 Å². The smallest absolute Gasteiger partial charge is 0.249 e. The SMILES string of the molecule is CC1CCCC2CCCCCCCC3C2C(CC1)C(=O)N3C1CCC(=O)NC1=O. The number of likely N-dealkylation sites (tertiary alicyclic amines) is 1. The van der Waals surface area contributed by atoms with Gasteiger partial charge in [-0.2, -0.15) is 0 Å². The molecule has 6 atom stereocenters. The summed E-state index contributed by atoms with van der Waals surface area (Å²) in [5, 5.41) is 2.50. The fourth-order valence-electron chi connectivity index (χ4n) is 6.75. The Hall–Kier alpha value is -1.39. The van der Waals surface area contributed by atoms with Gasteiger partial charge < -0.3 is 4.90 Å². The quantitative estimate of drug-likeness (QED) is 0.669. The van der Waals surface area contributed by atoms with Crippen LogP contribution < -0.4 is 5.32 Å². The zero-order valence-corrected chi connectivity index (χ0v) is 18.0. The van der Waals surface area contributed by atoms with Crippen LogP contribution in [0.25, 0.3) is 0 Å². The lowest BCUT2D eigenvalue weighted by atomic mass is 9.72. The first-order valence-corrected chi connectivity index (χ1v) is 12.2. The van der Waals surface area contributed by atoms with E-state index < -0.39 is 6.04 Å².